The monoisotopic (exact) mass is 239 g/mol. The van der Waals surface area contributed by atoms with E-state index < -0.39 is 0 Å². The van der Waals surface area contributed by atoms with E-state index in [4.69, 9.17) is 17.3 Å². The maximum Gasteiger partial charge on any atom is 0.325 e. The highest BCUT2D eigenvalue weighted by Crippen LogP contribution is 2.21. The van der Waals surface area contributed by atoms with E-state index in [1.165, 1.54) is 7.11 Å². The second kappa shape index (κ2) is 4.02. The number of hydrogen-bond donors (Lipinski definition) is 1. The number of anilines is 1. The lowest BCUT2D eigenvalue weighted by atomic mass is 10.3. The van der Waals surface area contributed by atoms with Crippen LogP contribution in [0.2, 0.25) is 5.02 Å². The van der Waals surface area contributed by atoms with E-state index in [0.717, 1.165) is 5.52 Å². The third-order valence-corrected chi connectivity index (χ3v) is 2.49. The number of benzene rings is 1. The average molecular weight is 240 g/mol. The van der Waals surface area contributed by atoms with E-state index in [1.807, 2.05) is 0 Å². The number of methoxy groups -OCH3 is 1. The molecule has 0 aliphatic rings. The minimum absolute atomic E-state index is 0.0421. The number of imidazole rings is 1. The van der Waals surface area contributed by atoms with Crippen LogP contribution in [-0.4, -0.2) is 22.6 Å². The smallest absolute Gasteiger partial charge is 0.325 e. The first-order chi connectivity index (χ1) is 7.61. The number of carbonyl (C=O) groups excluding carboxylic acids is 1. The molecule has 2 rings (SSSR count). The van der Waals surface area contributed by atoms with E-state index in [2.05, 4.69) is 9.72 Å². The van der Waals surface area contributed by atoms with Gasteiger partial charge in [-0.25, -0.2) is 4.98 Å². The summed E-state index contributed by atoms with van der Waals surface area (Å²) in [5.41, 5.74) is 7.13. The first-order valence-corrected chi connectivity index (χ1v) is 4.97. The quantitative estimate of drug-likeness (QED) is 0.806. The van der Waals surface area contributed by atoms with Crippen LogP contribution >= 0.6 is 11.6 Å². The standard InChI is InChI=1S/C10H10ClN3O2/c1-16-9(15)5-14-8-3-2-6(11)4-7(8)13-10(14)12/h2-4H,5H2,1H3,(H2,12,13). The van der Waals surface area contributed by atoms with Gasteiger partial charge >= 0.3 is 5.97 Å². The fourth-order valence-electron chi connectivity index (χ4n) is 1.48. The molecule has 6 heteroatoms. The number of nitrogens with two attached hydrogens (primary N) is 1. The van der Waals surface area contributed by atoms with Crippen molar-refractivity contribution in [2.75, 3.05) is 12.8 Å². The van der Waals surface area contributed by atoms with E-state index >= 15 is 0 Å². The van der Waals surface area contributed by atoms with Gasteiger partial charge in [0.25, 0.3) is 0 Å². The number of fused-ring (bicyclic) bond motifs is 1. The SMILES string of the molecule is COC(=O)Cn1c(N)nc2cc(Cl)ccc21. The van der Waals surface area contributed by atoms with Crippen molar-refractivity contribution in [2.24, 2.45) is 0 Å². The van der Waals surface area contributed by atoms with Crippen LogP contribution in [0.5, 0.6) is 0 Å². The Labute approximate surface area is 96.8 Å². The molecule has 0 aliphatic heterocycles. The van der Waals surface area contributed by atoms with Gasteiger partial charge in [0, 0.05) is 5.02 Å². The summed E-state index contributed by atoms with van der Waals surface area (Å²) in [5.74, 6) is -0.108. The molecule has 2 N–H and O–H groups in total. The lowest BCUT2D eigenvalue weighted by Crippen LogP contribution is -2.13. The van der Waals surface area contributed by atoms with E-state index in [0.29, 0.717) is 10.5 Å². The normalized spacial score (nSPS) is 10.6. The van der Waals surface area contributed by atoms with Gasteiger partial charge in [0.05, 0.1) is 18.1 Å². The summed E-state index contributed by atoms with van der Waals surface area (Å²) in [7, 11) is 1.33. The summed E-state index contributed by atoms with van der Waals surface area (Å²) < 4.78 is 6.16. The second-order valence-corrected chi connectivity index (χ2v) is 3.70. The van der Waals surface area contributed by atoms with Crippen molar-refractivity contribution in [2.45, 2.75) is 6.54 Å². The molecule has 84 valence electrons. The van der Waals surface area contributed by atoms with Crippen molar-refractivity contribution in [3.63, 3.8) is 0 Å². The van der Waals surface area contributed by atoms with Gasteiger partial charge in [-0.2, -0.15) is 0 Å². The van der Waals surface area contributed by atoms with Gasteiger partial charge in [0.1, 0.15) is 6.54 Å². The highest BCUT2D eigenvalue weighted by atomic mass is 35.5. The molecular weight excluding hydrogens is 230 g/mol. The van der Waals surface area contributed by atoms with E-state index in [9.17, 15) is 4.79 Å². The molecular formula is C10H10ClN3O2. The van der Waals surface area contributed by atoms with Crippen molar-refractivity contribution < 1.29 is 9.53 Å². The second-order valence-electron chi connectivity index (χ2n) is 3.27. The molecule has 0 spiro atoms. The molecule has 16 heavy (non-hydrogen) atoms. The summed E-state index contributed by atoms with van der Waals surface area (Å²) in [6, 6.07) is 5.18. The van der Waals surface area contributed by atoms with Gasteiger partial charge in [-0.1, -0.05) is 11.6 Å². The molecule has 0 aliphatic carbocycles. The fraction of sp³-hybridized carbons (Fsp3) is 0.200. The summed E-state index contributed by atoms with van der Waals surface area (Å²) in [5, 5.41) is 0.579. The molecule has 0 unspecified atom stereocenters. The third kappa shape index (κ3) is 1.81. The predicted octanol–water partition coefficient (Wildman–Crippen LogP) is 1.44. The number of hydrogen-bond acceptors (Lipinski definition) is 4. The van der Waals surface area contributed by atoms with Gasteiger partial charge < -0.3 is 10.5 Å². The van der Waals surface area contributed by atoms with Gasteiger partial charge in [-0.15, -0.1) is 0 Å². The number of rotatable bonds is 2. The molecule has 0 saturated carbocycles. The Balaban J connectivity index is 2.52. The van der Waals surface area contributed by atoms with Crippen molar-refractivity contribution in [1.82, 2.24) is 9.55 Å². The van der Waals surface area contributed by atoms with Crippen LogP contribution in [0.4, 0.5) is 5.95 Å². The minimum Gasteiger partial charge on any atom is -0.468 e. The van der Waals surface area contributed by atoms with Gasteiger partial charge in [-0.05, 0) is 18.2 Å². The topological polar surface area (TPSA) is 70.1 Å². The van der Waals surface area contributed by atoms with E-state index in [1.54, 1.807) is 22.8 Å². The van der Waals surface area contributed by atoms with Crippen LogP contribution in [0.15, 0.2) is 18.2 Å². The molecule has 1 aromatic heterocycles. The largest absolute Gasteiger partial charge is 0.468 e. The number of aromatic nitrogens is 2. The number of ether oxygens (including phenoxy) is 1. The van der Waals surface area contributed by atoms with Crippen molar-refractivity contribution in [1.29, 1.82) is 0 Å². The molecule has 0 bridgehead atoms. The minimum atomic E-state index is -0.374. The fourth-order valence-corrected chi connectivity index (χ4v) is 1.65. The molecule has 1 heterocycles. The van der Waals surface area contributed by atoms with Crippen LogP contribution < -0.4 is 5.73 Å². The Bertz CT molecular complexity index is 550. The molecule has 1 aromatic carbocycles. The third-order valence-electron chi connectivity index (χ3n) is 2.25. The van der Waals surface area contributed by atoms with Crippen LogP contribution in [0, 0.1) is 0 Å². The van der Waals surface area contributed by atoms with Crippen LogP contribution in [0.3, 0.4) is 0 Å². The van der Waals surface area contributed by atoms with Crippen molar-refractivity contribution in [3.05, 3.63) is 23.2 Å². The molecule has 0 atom stereocenters. The van der Waals surface area contributed by atoms with E-state index in [-0.39, 0.29) is 18.5 Å². The number of esters is 1. The number of halogens is 1. The maximum atomic E-state index is 11.2. The summed E-state index contributed by atoms with van der Waals surface area (Å²) in [4.78, 5) is 15.3. The Morgan fingerprint density at radius 2 is 2.38 bits per heavy atom. The molecule has 0 radical (unpaired) electrons. The Kier molecular flexibility index (Phi) is 2.70. The number of carbonyl (C=O) groups is 1. The Morgan fingerprint density at radius 3 is 3.06 bits per heavy atom. The summed E-state index contributed by atoms with van der Waals surface area (Å²) in [6.45, 7) is 0.0421. The van der Waals surface area contributed by atoms with Crippen molar-refractivity contribution >= 4 is 34.6 Å². The molecule has 0 fully saturated rings. The van der Waals surface area contributed by atoms with Gasteiger partial charge in [-0.3, -0.25) is 9.36 Å². The lowest BCUT2D eigenvalue weighted by Gasteiger charge is -2.04. The lowest BCUT2D eigenvalue weighted by molar-refractivity contribution is -0.141. The molecule has 0 amide bonds. The molecule has 2 aromatic rings. The summed E-state index contributed by atoms with van der Waals surface area (Å²) in [6.07, 6.45) is 0. The highest BCUT2D eigenvalue weighted by molar-refractivity contribution is 6.31. The van der Waals surface area contributed by atoms with Crippen molar-refractivity contribution in [3.8, 4) is 0 Å². The first kappa shape index (κ1) is 10.8. The van der Waals surface area contributed by atoms with Crippen LogP contribution in [-0.2, 0) is 16.1 Å². The zero-order valence-corrected chi connectivity index (χ0v) is 9.36. The predicted molar refractivity (Wildman–Crippen MR) is 61.2 cm³/mol. The Morgan fingerprint density at radius 1 is 1.62 bits per heavy atom. The maximum absolute atomic E-state index is 11.2. The number of nitrogens with zero attached hydrogens (tertiary/aromatic N) is 2. The van der Waals surface area contributed by atoms with Gasteiger partial charge in [0.15, 0.2) is 0 Å². The zero-order valence-electron chi connectivity index (χ0n) is 8.61. The Hall–Kier alpha value is -1.75. The van der Waals surface area contributed by atoms with Crippen LogP contribution in [0.1, 0.15) is 0 Å². The molecule has 0 saturated heterocycles. The van der Waals surface area contributed by atoms with Gasteiger partial charge in [0.2, 0.25) is 5.95 Å². The molecule has 5 nitrogen and oxygen atoms in total. The summed E-state index contributed by atoms with van der Waals surface area (Å²) >= 11 is 5.83. The average Bonchev–Trinajstić information content (AvgIpc) is 2.54. The first-order valence-electron chi connectivity index (χ1n) is 4.60. The van der Waals surface area contributed by atoms with Crippen LogP contribution in [0.25, 0.3) is 11.0 Å². The highest BCUT2D eigenvalue weighted by Gasteiger charge is 2.11. The number of nitrogen functional groups attached to an aromatic ring is 1. The zero-order chi connectivity index (χ0) is 11.7.